The highest BCUT2D eigenvalue weighted by Gasteiger charge is 2.53. The van der Waals surface area contributed by atoms with Gasteiger partial charge in [-0.3, -0.25) is 19.4 Å². The second-order valence-corrected chi connectivity index (χ2v) is 12.1. The summed E-state index contributed by atoms with van der Waals surface area (Å²) in [6.07, 6.45) is 0.398. The maximum atomic E-state index is 14.4. The van der Waals surface area contributed by atoms with E-state index in [1.807, 2.05) is 18.2 Å². The predicted octanol–water partition coefficient (Wildman–Crippen LogP) is 4.84. The van der Waals surface area contributed by atoms with Gasteiger partial charge in [-0.05, 0) is 40.8 Å². The van der Waals surface area contributed by atoms with Gasteiger partial charge in [0.2, 0.25) is 0 Å². The predicted molar refractivity (Wildman–Crippen MR) is 169 cm³/mol. The Balaban J connectivity index is 1.23. The number of urea groups is 1. The Bertz CT molecular complexity index is 1720. The number of para-hydroxylation sites is 2. The average molecular weight is 592 g/mol. The molecule has 3 aromatic carbocycles. The minimum absolute atomic E-state index is 0.304. The summed E-state index contributed by atoms with van der Waals surface area (Å²) >= 11 is 0. The lowest BCUT2D eigenvalue weighted by Gasteiger charge is -2.36. The molecular formula is C35H37N5O4. The molecule has 7 rings (SSSR count). The Morgan fingerprint density at radius 3 is 2.48 bits per heavy atom. The van der Waals surface area contributed by atoms with Gasteiger partial charge in [0.1, 0.15) is 12.1 Å². The van der Waals surface area contributed by atoms with Gasteiger partial charge in [0.15, 0.2) is 0 Å². The molecule has 9 heteroatoms. The number of carbonyl (C=O) groups excluding carboxylic acids is 3. The van der Waals surface area contributed by atoms with Crippen LogP contribution in [0.2, 0.25) is 0 Å². The van der Waals surface area contributed by atoms with Crippen molar-refractivity contribution in [3.63, 3.8) is 0 Å². The number of fused-ring (bicyclic) bond motifs is 4. The first kappa shape index (κ1) is 28.3. The van der Waals surface area contributed by atoms with E-state index in [1.54, 1.807) is 29.2 Å². The third kappa shape index (κ3) is 4.86. The van der Waals surface area contributed by atoms with Crippen molar-refractivity contribution >= 4 is 34.4 Å². The van der Waals surface area contributed by atoms with Crippen LogP contribution in [0.1, 0.15) is 58.5 Å². The van der Waals surface area contributed by atoms with E-state index in [9.17, 15) is 14.4 Å². The Hall–Kier alpha value is -4.47. The first-order valence-corrected chi connectivity index (χ1v) is 15.5. The van der Waals surface area contributed by atoms with Crippen molar-refractivity contribution in [2.24, 2.45) is 0 Å². The van der Waals surface area contributed by atoms with Crippen molar-refractivity contribution in [3.05, 3.63) is 101 Å². The fraction of sp³-hybridized carbons (Fsp3) is 0.343. The van der Waals surface area contributed by atoms with Crippen molar-refractivity contribution < 1.29 is 19.1 Å². The van der Waals surface area contributed by atoms with Gasteiger partial charge in [-0.25, -0.2) is 9.69 Å². The van der Waals surface area contributed by atoms with Crippen LogP contribution in [0.25, 0.3) is 10.9 Å². The number of carbonyl (C=O) groups is 3. The van der Waals surface area contributed by atoms with Gasteiger partial charge in [0, 0.05) is 49.2 Å². The quantitative estimate of drug-likeness (QED) is 0.300. The minimum atomic E-state index is -0.693. The molecule has 44 heavy (non-hydrogen) atoms. The standard InChI is InChI=1S/C35H37N5O4/c1-22(2)23-11-13-24(14-12-23)32-31-27(25-7-3-5-9-28(25)37-31)21-30-34(42)40(35(43)39(30)32)29-10-6-4-8-26(29)33(41)36-15-16-38-17-19-44-20-18-38/h3-14,22,30,32,37H,15-21H2,1-2H3,(H,36,41). The topological polar surface area (TPSA) is 98.0 Å². The summed E-state index contributed by atoms with van der Waals surface area (Å²) in [6, 6.07) is 21.7. The number of amides is 4. The van der Waals surface area contributed by atoms with Gasteiger partial charge >= 0.3 is 6.03 Å². The van der Waals surface area contributed by atoms with Crippen LogP contribution in [0.5, 0.6) is 0 Å². The molecule has 3 aliphatic rings. The summed E-state index contributed by atoms with van der Waals surface area (Å²) in [5.74, 6) is -0.256. The van der Waals surface area contributed by atoms with Gasteiger partial charge in [0.25, 0.3) is 11.8 Å². The highest BCUT2D eigenvalue weighted by Crippen LogP contribution is 2.45. The number of H-pyrrole nitrogens is 1. The number of anilines is 1. The van der Waals surface area contributed by atoms with Crippen molar-refractivity contribution in [1.82, 2.24) is 20.1 Å². The maximum Gasteiger partial charge on any atom is 0.332 e. The molecule has 2 fully saturated rings. The van der Waals surface area contributed by atoms with Crippen LogP contribution in [0.3, 0.4) is 0 Å². The number of nitrogens with zero attached hydrogens (tertiary/aromatic N) is 3. The van der Waals surface area contributed by atoms with E-state index in [-0.39, 0.29) is 11.8 Å². The van der Waals surface area contributed by atoms with E-state index in [4.69, 9.17) is 4.74 Å². The molecule has 2 saturated heterocycles. The molecule has 0 aliphatic carbocycles. The second-order valence-electron chi connectivity index (χ2n) is 12.1. The van der Waals surface area contributed by atoms with Crippen LogP contribution in [-0.2, 0) is 16.0 Å². The number of benzene rings is 3. The number of hydrogen-bond acceptors (Lipinski definition) is 5. The number of aromatic amines is 1. The zero-order chi connectivity index (χ0) is 30.4. The Morgan fingerprint density at radius 1 is 0.977 bits per heavy atom. The number of aromatic nitrogens is 1. The zero-order valence-corrected chi connectivity index (χ0v) is 25.1. The van der Waals surface area contributed by atoms with Crippen molar-refractivity contribution in [1.29, 1.82) is 0 Å². The third-order valence-electron chi connectivity index (χ3n) is 9.17. The smallest absolute Gasteiger partial charge is 0.332 e. The van der Waals surface area contributed by atoms with Crippen molar-refractivity contribution in [2.45, 2.75) is 38.3 Å². The highest BCUT2D eigenvalue weighted by molar-refractivity contribution is 6.24. The second kappa shape index (κ2) is 11.6. The van der Waals surface area contributed by atoms with Crippen LogP contribution in [0.15, 0.2) is 72.8 Å². The molecule has 1 aromatic heterocycles. The lowest BCUT2D eigenvalue weighted by atomic mass is 9.88. The molecule has 0 spiro atoms. The molecule has 4 amide bonds. The number of nitrogens with one attached hydrogen (secondary N) is 2. The number of rotatable bonds is 7. The number of ether oxygens (including phenoxy) is 1. The SMILES string of the molecule is CC(C)c1ccc(C2c3[nH]c4ccccc4c3CC3C(=O)N(c4ccccc4C(=O)NCCN4CCOCC4)C(=O)N32)cc1. The molecule has 4 heterocycles. The van der Waals surface area contributed by atoms with Gasteiger partial charge < -0.3 is 15.0 Å². The first-order chi connectivity index (χ1) is 21.4. The summed E-state index contributed by atoms with van der Waals surface area (Å²) in [5, 5.41) is 4.05. The average Bonchev–Trinajstić information content (AvgIpc) is 3.54. The molecule has 0 radical (unpaired) electrons. The van der Waals surface area contributed by atoms with Crippen LogP contribution in [-0.4, -0.2) is 78.1 Å². The van der Waals surface area contributed by atoms with E-state index in [0.29, 0.717) is 49.9 Å². The van der Waals surface area contributed by atoms with Crippen molar-refractivity contribution in [3.8, 4) is 0 Å². The Morgan fingerprint density at radius 2 is 1.70 bits per heavy atom. The molecule has 2 unspecified atom stereocenters. The monoisotopic (exact) mass is 591 g/mol. The molecule has 2 atom stereocenters. The van der Waals surface area contributed by atoms with Crippen LogP contribution >= 0.6 is 0 Å². The maximum absolute atomic E-state index is 14.4. The van der Waals surface area contributed by atoms with Crippen LogP contribution in [0.4, 0.5) is 10.5 Å². The van der Waals surface area contributed by atoms with E-state index < -0.39 is 18.1 Å². The molecule has 226 valence electrons. The number of hydrogen-bond donors (Lipinski definition) is 2. The number of imide groups is 1. The summed E-state index contributed by atoms with van der Waals surface area (Å²) in [7, 11) is 0. The minimum Gasteiger partial charge on any atom is -0.379 e. The van der Waals surface area contributed by atoms with E-state index in [0.717, 1.165) is 40.8 Å². The van der Waals surface area contributed by atoms with Crippen molar-refractivity contribution in [2.75, 3.05) is 44.3 Å². The molecule has 9 nitrogen and oxygen atoms in total. The highest BCUT2D eigenvalue weighted by atomic mass is 16.5. The fourth-order valence-corrected chi connectivity index (χ4v) is 6.81. The molecular weight excluding hydrogens is 554 g/mol. The van der Waals surface area contributed by atoms with E-state index in [2.05, 4.69) is 59.4 Å². The van der Waals surface area contributed by atoms with E-state index in [1.165, 1.54) is 10.5 Å². The molecule has 0 saturated carbocycles. The van der Waals surface area contributed by atoms with Gasteiger partial charge in [-0.15, -0.1) is 0 Å². The van der Waals surface area contributed by atoms with E-state index >= 15 is 0 Å². The van der Waals surface area contributed by atoms with Crippen LogP contribution in [0, 0.1) is 0 Å². The molecule has 2 N–H and O–H groups in total. The lowest BCUT2D eigenvalue weighted by Crippen LogP contribution is -2.44. The van der Waals surface area contributed by atoms with Gasteiger partial charge in [-0.2, -0.15) is 0 Å². The molecule has 3 aliphatic heterocycles. The summed E-state index contributed by atoms with van der Waals surface area (Å²) in [4.78, 5) is 50.8. The lowest BCUT2D eigenvalue weighted by molar-refractivity contribution is -0.120. The van der Waals surface area contributed by atoms with Crippen LogP contribution < -0.4 is 10.2 Å². The molecule has 0 bridgehead atoms. The third-order valence-corrected chi connectivity index (χ3v) is 9.17. The zero-order valence-electron chi connectivity index (χ0n) is 25.1. The number of morpholine rings is 1. The summed E-state index contributed by atoms with van der Waals surface area (Å²) in [5.41, 5.74) is 5.72. The Labute approximate surface area is 256 Å². The summed E-state index contributed by atoms with van der Waals surface area (Å²) < 4.78 is 5.41. The fourth-order valence-electron chi connectivity index (χ4n) is 6.81. The van der Waals surface area contributed by atoms with Gasteiger partial charge in [-0.1, -0.05) is 68.4 Å². The van der Waals surface area contributed by atoms with Gasteiger partial charge in [0.05, 0.1) is 24.5 Å². The largest absolute Gasteiger partial charge is 0.379 e. The normalized spacial score (nSPS) is 20.3. The summed E-state index contributed by atoms with van der Waals surface area (Å²) in [6.45, 7) is 8.51. The molecule has 4 aromatic rings. The Kier molecular flexibility index (Phi) is 7.43. The first-order valence-electron chi connectivity index (χ1n) is 15.5.